The van der Waals surface area contributed by atoms with Crippen LogP contribution < -0.4 is 11.1 Å². The monoisotopic (exact) mass is 298 g/mol. The van der Waals surface area contributed by atoms with E-state index in [2.05, 4.69) is 33.4 Å². The maximum atomic E-state index is 11.5. The minimum Gasteiger partial charge on any atom is -0.352 e. The molecule has 0 saturated heterocycles. The van der Waals surface area contributed by atoms with Crippen molar-refractivity contribution in [1.29, 1.82) is 0 Å². The maximum absolute atomic E-state index is 11.5. The van der Waals surface area contributed by atoms with Crippen molar-refractivity contribution in [2.75, 3.05) is 0 Å². The summed E-state index contributed by atoms with van der Waals surface area (Å²) in [5, 5.41) is 2.90. The number of hydrogen-bond donors (Lipinski definition) is 2. The fraction of sp³-hybridized carbons (Fsp3) is 0.462. The normalized spacial score (nSPS) is 12.3. The molecule has 0 bridgehead atoms. The molecule has 3 nitrogen and oxygen atoms in total. The summed E-state index contributed by atoms with van der Waals surface area (Å²) in [6, 6.07) is 4.02. The predicted octanol–water partition coefficient (Wildman–Crippen LogP) is 2.42. The summed E-state index contributed by atoms with van der Waals surface area (Å²) in [6.45, 7) is 6.49. The number of rotatable bonds is 4. The van der Waals surface area contributed by atoms with E-state index < -0.39 is 0 Å². The Morgan fingerprint density at radius 3 is 2.41 bits per heavy atom. The Morgan fingerprint density at radius 1 is 1.41 bits per heavy atom. The molecule has 0 radical (unpaired) electrons. The molecule has 4 heteroatoms. The Balaban J connectivity index is 2.67. The first kappa shape index (κ1) is 14.2. The van der Waals surface area contributed by atoms with Crippen LogP contribution in [0.2, 0.25) is 0 Å². The number of halogens is 1. The molecule has 0 spiro atoms. The third-order valence-corrected chi connectivity index (χ3v) is 3.09. The maximum Gasteiger partial charge on any atom is 0.221 e. The molecule has 0 aliphatic rings. The van der Waals surface area contributed by atoms with Crippen molar-refractivity contribution >= 4 is 21.8 Å². The van der Waals surface area contributed by atoms with E-state index in [0.29, 0.717) is 13.0 Å². The van der Waals surface area contributed by atoms with E-state index in [4.69, 9.17) is 5.73 Å². The summed E-state index contributed by atoms with van der Waals surface area (Å²) in [6.07, 6.45) is 0.370. The molecule has 3 N–H and O–H groups in total. The van der Waals surface area contributed by atoms with Gasteiger partial charge in [-0.15, -0.1) is 0 Å². The van der Waals surface area contributed by atoms with Gasteiger partial charge in [0.05, 0.1) is 0 Å². The second-order valence-corrected chi connectivity index (χ2v) is 5.39. The molecule has 1 amide bonds. The van der Waals surface area contributed by atoms with E-state index >= 15 is 0 Å². The zero-order valence-electron chi connectivity index (χ0n) is 10.5. The van der Waals surface area contributed by atoms with Crippen LogP contribution in [-0.2, 0) is 11.3 Å². The van der Waals surface area contributed by atoms with Crippen LogP contribution in [0, 0.1) is 13.8 Å². The summed E-state index contributed by atoms with van der Waals surface area (Å²) < 4.78 is 1.07. The van der Waals surface area contributed by atoms with Crippen LogP contribution in [0.3, 0.4) is 0 Å². The number of nitrogens with two attached hydrogens (primary N) is 1. The first-order valence-electron chi connectivity index (χ1n) is 5.68. The zero-order valence-corrected chi connectivity index (χ0v) is 12.1. The summed E-state index contributed by atoms with van der Waals surface area (Å²) in [5.41, 5.74) is 9.10. The highest BCUT2D eigenvalue weighted by Gasteiger charge is 2.08. The molecule has 94 valence electrons. The third kappa shape index (κ3) is 4.48. The number of nitrogens with one attached hydrogen (secondary N) is 1. The second-order valence-electron chi connectivity index (χ2n) is 4.48. The summed E-state index contributed by atoms with van der Waals surface area (Å²) in [7, 11) is 0. The molecular weight excluding hydrogens is 280 g/mol. The highest BCUT2D eigenvalue weighted by atomic mass is 79.9. The van der Waals surface area contributed by atoms with Gasteiger partial charge in [-0.3, -0.25) is 4.79 Å². The summed E-state index contributed by atoms with van der Waals surface area (Å²) >= 11 is 3.46. The Labute approximate surface area is 111 Å². The Morgan fingerprint density at radius 2 is 1.94 bits per heavy atom. The molecule has 0 heterocycles. The molecule has 0 aliphatic heterocycles. The van der Waals surface area contributed by atoms with Gasteiger partial charge in [0.1, 0.15) is 0 Å². The SMILES string of the molecule is Cc1cc(Br)cc(C)c1CNC(=O)CC(C)N. The fourth-order valence-electron chi connectivity index (χ4n) is 1.77. The van der Waals surface area contributed by atoms with E-state index in [1.54, 1.807) is 0 Å². The highest BCUT2D eigenvalue weighted by Crippen LogP contribution is 2.20. The van der Waals surface area contributed by atoms with Crippen molar-refractivity contribution in [3.05, 3.63) is 33.3 Å². The topological polar surface area (TPSA) is 55.1 Å². The van der Waals surface area contributed by atoms with Crippen LogP contribution in [0.25, 0.3) is 0 Å². The van der Waals surface area contributed by atoms with Crippen molar-refractivity contribution in [2.24, 2.45) is 5.73 Å². The predicted molar refractivity (Wildman–Crippen MR) is 73.7 cm³/mol. The minimum atomic E-state index is -0.0953. The van der Waals surface area contributed by atoms with Gasteiger partial charge in [0.2, 0.25) is 5.91 Å². The van der Waals surface area contributed by atoms with Crippen molar-refractivity contribution in [3.8, 4) is 0 Å². The lowest BCUT2D eigenvalue weighted by Gasteiger charge is -2.12. The molecule has 17 heavy (non-hydrogen) atoms. The molecule has 1 aromatic carbocycles. The van der Waals surface area contributed by atoms with Gasteiger partial charge in [0.15, 0.2) is 0 Å². The van der Waals surface area contributed by atoms with Crippen LogP contribution >= 0.6 is 15.9 Å². The molecule has 1 atom stereocenters. The third-order valence-electron chi connectivity index (χ3n) is 2.63. The van der Waals surface area contributed by atoms with Crippen LogP contribution in [0.1, 0.15) is 30.0 Å². The van der Waals surface area contributed by atoms with Gasteiger partial charge in [0, 0.05) is 23.5 Å². The van der Waals surface area contributed by atoms with Gasteiger partial charge in [-0.1, -0.05) is 15.9 Å². The fourth-order valence-corrected chi connectivity index (χ4v) is 2.46. The van der Waals surface area contributed by atoms with Crippen LogP contribution in [0.4, 0.5) is 0 Å². The largest absolute Gasteiger partial charge is 0.352 e. The van der Waals surface area contributed by atoms with E-state index in [9.17, 15) is 4.79 Å². The summed E-state index contributed by atoms with van der Waals surface area (Å²) in [5.74, 6) is 0.00159. The van der Waals surface area contributed by atoms with Gasteiger partial charge < -0.3 is 11.1 Å². The van der Waals surface area contributed by atoms with Crippen LogP contribution in [0.15, 0.2) is 16.6 Å². The van der Waals surface area contributed by atoms with Crippen LogP contribution in [0.5, 0.6) is 0 Å². The molecule has 0 aliphatic carbocycles. The Bertz CT molecular complexity index is 393. The molecule has 1 rings (SSSR count). The lowest BCUT2D eigenvalue weighted by molar-refractivity contribution is -0.121. The first-order valence-corrected chi connectivity index (χ1v) is 6.47. The first-order chi connectivity index (χ1) is 7.90. The molecule has 0 aromatic heterocycles. The van der Waals surface area contributed by atoms with Gasteiger partial charge in [-0.25, -0.2) is 0 Å². The highest BCUT2D eigenvalue weighted by molar-refractivity contribution is 9.10. The van der Waals surface area contributed by atoms with E-state index in [0.717, 1.165) is 4.47 Å². The quantitative estimate of drug-likeness (QED) is 0.897. The van der Waals surface area contributed by atoms with Crippen molar-refractivity contribution < 1.29 is 4.79 Å². The molecule has 0 fully saturated rings. The lowest BCUT2D eigenvalue weighted by Crippen LogP contribution is -2.29. The number of aryl methyl sites for hydroxylation is 2. The number of hydrogen-bond acceptors (Lipinski definition) is 2. The second kappa shape index (κ2) is 6.17. The van der Waals surface area contributed by atoms with Gasteiger partial charge >= 0.3 is 0 Å². The minimum absolute atomic E-state index is 0.00159. The van der Waals surface area contributed by atoms with E-state index in [1.165, 1.54) is 16.7 Å². The summed E-state index contributed by atoms with van der Waals surface area (Å²) in [4.78, 5) is 11.5. The van der Waals surface area contributed by atoms with Crippen molar-refractivity contribution in [1.82, 2.24) is 5.32 Å². The van der Waals surface area contributed by atoms with Gasteiger partial charge in [-0.2, -0.15) is 0 Å². The Kier molecular flexibility index (Phi) is 5.15. The molecule has 1 unspecified atom stereocenters. The molecular formula is C13H19BrN2O. The number of amides is 1. The van der Waals surface area contributed by atoms with Crippen LogP contribution in [-0.4, -0.2) is 11.9 Å². The zero-order chi connectivity index (χ0) is 13.0. The number of carbonyl (C=O) groups is 1. The molecule has 0 saturated carbocycles. The number of carbonyl (C=O) groups excluding carboxylic acids is 1. The number of benzene rings is 1. The Hall–Kier alpha value is -0.870. The van der Waals surface area contributed by atoms with Gasteiger partial charge in [0.25, 0.3) is 0 Å². The lowest BCUT2D eigenvalue weighted by atomic mass is 10.0. The van der Waals surface area contributed by atoms with Crippen molar-refractivity contribution in [2.45, 2.75) is 39.8 Å². The van der Waals surface area contributed by atoms with Crippen molar-refractivity contribution in [3.63, 3.8) is 0 Å². The van der Waals surface area contributed by atoms with Gasteiger partial charge in [-0.05, 0) is 49.6 Å². The van der Waals surface area contributed by atoms with E-state index in [1.807, 2.05) is 20.8 Å². The standard InChI is InChI=1S/C13H19BrN2O/c1-8-4-11(14)5-9(2)12(8)7-16-13(17)6-10(3)15/h4-5,10H,6-7,15H2,1-3H3,(H,16,17). The average molecular weight is 299 g/mol. The smallest absolute Gasteiger partial charge is 0.221 e. The average Bonchev–Trinajstić information content (AvgIpc) is 2.14. The van der Waals surface area contributed by atoms with E-state index in [-0.39, 0.29) is 11.9 Å². The molecule has 1 aromatic rings.